The molecule has 2 rings (SSSR count). The monoisotopic (exact) mass is 349 g/mol. The van der Waals surface area contributed by atoms with E-state index in [9.17, 15) is 18.0 Å². The molecule has 0 aliphatic heterocycles. The number of carbonyl (C=O) groups is 1. The number of hydrogen-bond donors (Lipinski definition) is 0. The summed E-state index contributed by atoms with van der Waals surface area (Å²) in [4.78, 5) is 17.5. The number of benzene rings is 1. The first-order valence-corrected chi connectivity index (χ1v) is 7.19. The number of aromatic nitrogens is 1. The standard InChI is InChI=1S/C17H14F3N3O2/c1-23(10-13-6-4-12(9-21)5-7-13)16(24)14-3-2-8-22-15(14)25-11-17(18,19)20/h2-8H,10-11H2,1H3. The minimum Gasteiger partial charge on any atom is -0.467 e. The van der Waals surface area contributed by atoms with E-state index >= 15 is 0 Å². The molecular formula is C17H14F3N3O2. The largest absolute Gasteiger partial charge is 0.467 e. The fraction of sp³-hybridized carbons (Fsp3) is 0.235. The molecule has 0 atom stereocenters. The van der Waals surface area contributed by atoms with Gasteiger partial charge in [0, 0.05) is 19.8 Å². The molecule has 2 aromatic rings. The molecule has 1 aromatic heterocycles. The SMILES string of the molecule is CN(Cc1ccc(C#N)cc1)C(=O)c1cccnc1OCC(F)(F)F. The van der Waals surface area contributed by atoms with Crippen LogP contribution in [0.5, 0.6) is 5.88 Å². The van der Waals surface area contributed by atoms with E-state index in [1.807, 2.05) is 6.07 Å². The molecule has 0 unspecified atom stereocenters. The number of carbonyl (C=O) groups excluding carboxylic acids is 1. The first-order chi connectivity index (χ1) is 11.8. The van der Waals surface area contributed by atoms with Gasteiger partial charge in [-0.1, -0.05) is 12.1 Å². The summed E-state index contributed by atoms with van der Waals surface area (Å²) in [7, 11) is 1.51. The third-order valence-electron chi connectivity index (χ3n) is 3.22. The van der Waals surface area contributed by atoms with Crippen molar-refractivity contribution >= 4 is 5.91 Å². The summed E-state index contributed by atoms with van der Waals surface area (Å²) in [5, 5.41) is 8.77. The third kappa shape index (κ3) is 5.21. The van der Waals surface area contributed by atoms with Crippen LogP contribution in [-0.2, 0) is 6.54 Å². The van der Waals surface area contributed by atoms with Crippen molar-refractivity contribution in [2.45, 2.75) is 12.7 Å². The topological polar surface area (TPSA) is 66.2 Å². The highest BCUT2D eigenvalue weighted by atomic mass is 19.4. The van der Waals surface area contributed by atoms with Gasteiger partial charge in [-0.05, 0) is 29.8 Å². The van der Waals surface area contributed by atoms with Crippen molar-refractivity contribution in [2.24, 2.45) is 0 Å². The lowest BCUT2D eigenvalue weighted by Gasteiger charge is -2.19. The first kappa shape index (κ1) is 18.3. The van der Waals surface area contributed by atoms with Crippen molar-refractivity contribution in [1.29, 1.82) is 5.26 Å². The maximum atomic E-state index is 12.5. The molecule has 0 aliphatic carbocycles. The Morgan fingerprint density at radius 2 is 1.96 bits per heavy atom. The van der Waals surface area contributed by atoms with Crippen molar-refractivity contribution < 1.29 is 22.7 Å². The predicted octanol–water partition coefficient (Wildman–Crippen LogP) is 3.17. The van der Waals surface area contributed by atoms with E-state index in [0.717, 1.165) is 5.56 Å². The van der Waals surface area contributed by atoms with Gasteiger partial charge in [0.25, 0.3) is 5.91 Å². The second-order valence-electron chi connectivity index (χ2n) is 5.23. The van der Waals surface area contributed by atoms with Crippen molar-refractivity contribution in [2.75, 3.05) is 13.7 Å². The Bertz CT molecular complexity index is 783. The van der Waals surface area contributed by atoms with Gasteiger partial charge >= 0.3 is 6.18 Å². The number of halogens is 3. The van der Waals surface area contributed by atoms with E-state index in [4.69, 9.17) is 5.26 Å². The van der Waals surface area contributed by atoms with Crippen LogP contribution in [0, 0.1) is 11.3 Å². The summed E-state index contributed by atoms with van der Waals surface area (Å²) in [5.41, 5.74) is 1.22. The van der Waals surface area contributed by atoms with E-state index in [-0.39, 0.29) is 18.0 Å². The number of ether oxygens (including phenoxy) is 1. The Hall–Kier alpha value is -3.08. The smallest absolute Gasteiger partial charge is 0.422 e. The molecule has 1 aromatic carbocycles. The maximum absolute atomic E-state index is 12.5. The van der Waals surface area contributed by atoms with Crippen molar-refractivity contribution in [3.63, 3.8) is 0 Å². The molecule has 0 saturated heterocycles. The van der Waals surface area contributed by atoms with Gasteiger partial charge in [0.15, 0.2) is 6.61 Å². The number of nitrogens with zero attached hydrogens (tertiary/aromatic N) is 3. The van der Waals surface area contributed by atoms with E-state index in [2.05, 4.69) is 9.72 Å². The molecule has 8 heteroatoms. The van der Waals surface area contributed by atoms with Gasteiger partial charge in [-0.3, -0.25) is 4.79 Å². The molecular weight excluding hydrogens is 335 g/mol. The molecule has 0 bridgehead atoms. The average Bonchev–Trinajstić information content (AvgIpc) is 2.59. The Morgan fingerprint density at radius 3 is 2.56 bits per heavy atom. The van der Waals surface area contributed by atoms with E-state index in [1.165, 1.54) is 30.3 Å². The summed E-state index contributed by atoms with van der Waals surface area (Å²) < 4.78 is 41.6. The Morgan fingerprint density at radius 1 is 1.28 bits per heavy atom. The van der Waals surface area contributed by atoms with Crippen LogP contribution in [0.1, 0.15) is 21.5 Å². The predicted molar refractivity (Wildman–Crippen MR) is 82.7 cm³/mol. The zero-order valence-corrected chi connectivity index (χ0v) is 13.2. The number of hydrogen-bond acceptors (Lipinski definition) is 4. The molecule has 1 amide bonds. The molecule has 0 fully saturated rings. The maximum Gasteiger partial charge on any atom is 0.422 e. The Labute approximate surface area is 142 Å². The number of rotatable bonds is 5. The molecule has 25 heavy (non-hydrogen) atoms. The highest BCUT2D eigenvalue weighted by Crippen LogP contribution is 2.21. The molecule has 1 heterocycles. The Balaban J connectivity index is 2.12. The zero-order valence-electron chi connectivity index (χ0n) is 13.2. The van der Waals surface area contributed by atoms with Crippen LogP contribution >= 0.6 is 0 Å². The number of pyridine rings is 1. The second kappa shape index (κ2) is 7.66. The molecule has 130 valence electrons. The lowest BCUT2D eigenvalue weighted by atomic mass is 10.1. The fourth-order valence-electron chi connectivity index (χ4n) is 2.05. The summed E-state index contributed by atoms with van der Waals surface area (Å²) >= 11 is 0. The number of alkyl halides is 3. The van der Waals surface area contributed by atoms with Crippen LogP contribution in [0.3, 0.4) is 0 Å². The molecule has 0 N–H and O–H groups in total. The third-order valence-corrected chi connectivity index (χ3v) is 3.22. The van der Waals surface area contributed by atoms with Gasteiger partial charge in [-0.15, -0.1) is 0 Å². The van der Waals surface area contributed by atoms with Crippen LogP contribution in [0.25, 0.3) is 0 Å². The van der Waals surface area contributed by atoms with Gasteiger partial charge in [0.05, 0.1) is 11.6 Å². The quantitative estimate of drug-likeness (QED) is 0.832. The van der Waals surface area contributed by atoms with Crippen LogP contribution in [0.15, 0.2) is 42.6 Å². The van der Waals surface area contributed by atoms with Crippen molar-refractivity contribution in [1.82, 2.24) is 9.88 Å². The zero-order chi connectivity index (χ0) is 18.4. The molecule has 5 nitrogen and oxygen atoms in total. The van der Waals surface area contributed by atoms with Gasteiger partial charge in [0.1, 0.15) is 5.56 Å². The van der Waals surface area contributed by atoms with Crippen molar-refractivity contribution in [3.8, 4) is 11.9 Å². The minimum atomic E-state index is -4.52. The summed E-state index contributed by atoms with van der Waals surface area (Å²) in [6.07, 6.45) is -3.27. The lowest BCUT2D eigenvalue weighted by Crippen LogP contribution is -2.28. The molecule has 0 spiro atoms. The van der Waals surface area contributed by atoms with Crippen LogP contribution in [-0.4, -0.2) is 35.6 Å². The Kier molecular flexibility index (Phi) is 5.60. The van der Waals surface area contributed by atoms with Crippen LogP contribution < -0.4 is 4.74 Å². The van der Waals surface area contributed by atoms with Gasteiger partial charge in [-0.25, -0.2) is 4.98 Å². The van der Waals surface area contributed by atoms with Crippen LogP contribution in [0.4, 0.5) is 13.2 Å². The summed E-state index contributed by atoms with van der Waals surface area (Å²) in [6.45, 7) is -1.30. The minimum absolute atomic E-state index is 0.0529. The van der Waals surface area contributed by atoms with E-state index in [0.29, 0.717) is 5.56 Å². The summed E-state index contributed by atoms with van der Waals surface area (Å²) in [5.74, 6) is -0.883. The molecule has 0 saturated carbocycles. The van der Waals surface area contributed by atoms with Crippen molar-refractivity contribution in [3.05, 3.63) is 59.3 Å². The van der Waals surface area contributed by atoms with Crippen LogP contribution in [0.2, 0.25) is 0 Å². The second-order valence-corrected chi connectivity index (χ2v) is 5.23. The first-order valence-electron chi connectivity index (χ1n) is 7.19. The van der Waals surface area contributed by atoms with Gasteiger partial charge in [-0.2, -0.15) is 18.4 Å². The van der Waals surface area contributed by atoms with E-state index in [1.54, 1.807) is 24.3 Å². The number of nitriles is 1. The number of amides is 1. The highest BCUT2D eigenvalue weighted by Gasteiger charge is 2.30. The normalized spacial score (nSPS) is 10.8. The fourth-order valence-corrected chi connectivity index (χ4v) is 2.05. The van der Waals surface area contributed by atoms with Gasteiger partial charge < -0.3 is 9.64 Å². The lowest BCUT2D eigenvalue weighted by molar-refractivity contribution is -0.154. The average molecular weight is 349 g/mol. The highest BCUT2D eigenvalue weighted by molar-refractivity contribution is 5.96. The van der Waals surface area contributed by atoms with E-state index < -0.39 is 18.7 Å². The molecule has 0 aliphatic rings. The summed E-state index contributed by atoms with van der Waals surface area (Å²) in [6, 6.07) is 11.4. The van der Waals surface area contributed by atoms with Gasteiger partial charge in [0.2, 0.25) is 5.88 Å². The molecule has 0 radical (unpaired) electrons.